The first-order valence-electron chi connectivity index (χ1n) is 7.14. The van der Waals surface area contributed by atoms with Crippen LogP contribution < -0.4 is 14.8 Å². The first-order valence-corrected chi connectivity index (χ1v) is 7.52. The Kier molecular flexibility index (Phi) is 12.1. The van der Waals surface area contributed by atoms with Gasteiger partial charge in [-0.3, -0.25) is 0 Å². The van der Waals surface area contributed by atoms with Gasteiger partial charge >= 0.3 is 0 Å². The Morgan fingerprint density at radius 1 is 1.32 bits per heavy atom. The van der Waals surface area contributed by atoms with Gasteiger partial charge in [0.15, 0.2) is 11.5 Å². The molecule has 0 heterocycles. The SMILES string of the molecule is C=CCOc1c(Cl)cc(CNCCCCCO)cc1OC.Cl. The smallest absolute Gasteiger partial charge is 0.180 e. The van der Waals surface area contributed by atoms with Crippen molar-refractivity contribution in [3.05, 3.63) is 35.4 Å². The highest BCUT2D eigenvalue weighted by Crippen LogP contribution is 2.36. The minimum absolute atomic E-state index is 0. The Hall–Kier alpha value is -0.940. The number of methoxy groups -OCH3 is 1. The molecule has 0 radical (unpaired) electrons. The number of hydrogen-bond acceptors (Lipinski definition) is 4. The van der Waals surface area contributed by atoms with E-state index >= 15 is 0 Å². The lowest BCUT2D eigenvalue weighted by Gasteiger charge is -2.13. The molecule has 0 bridgehead atoms. The molecule has 0 saturated carbocycles. The van der Waals surface area contributed by atoms with Crippen molar-refractivity contribution in [2.24, 2.45) is 0 Å². The molecule has 4 nitrogen and oxygen atoms in total. The zero-order chi connectivity index (χ0) is 15.5. The fraction of sp³-hybridized carbons (Fsp3) is 0.500. The van der Waals surface area contributed by atoms with Crippen LogP contribution in [0, 0.1) is 0 Å². The van der Waals surface area contributed by atoms with Crippen molar-refractivity contribution < 1.29 is 14.6 Å². The summed E-state index contributed by atoms with van der Waals surface area (Å²) >= 11 is 6.24. The van der Waals surface area contributed by atoms with Crippen LogP contribution in [0.4, 0.5) is 0 Å². The predicted octanol–water partition coefficient (Wildman–Crippen LogP) is 3.59. The maximum atomic E-state index is 8.71. The molecule has 22 heavy (non-hydrogen) atoms. The van der Waals surface area contributed by atoms with E-state index in [2.05, 4.69) is 11.9 Å². The number of unbranched alkanes of at least 4 members (excludes halogenated alkanes) is 2. The molecule has 1 aromatic carbocycles. The van der Waals surface area contributed by atoms with Gasteiger partial charge in [0.05, 0.1) is 12.1 Å². The van der Waals surface area contributed by atoms with Gasteiger partial charge in [-0.15, -0.1) is 12.4 Å². The van der Waals surface area contributed by atoms with E-state index in [9.17, 15) is 0 Å². The van der Waals surface area contributed by atoms with E-state index in [1.807, 2.05) is 12.1 Å². The highest BCUT2D eigenvalue weighted by molar-refractivity contribution is 6.32. The number of aliphatic hydroxyl groups is 1. The zero-order valence-corrected chi connectivity index (χ0v) is 14.5. The summed E-state index contributed by atoms with van der Waals surface area (Å²) < 4.78 is 10.8. The van der Waals surface area contributed by atoms with Crippen LogP contribution >= 0.6 is 24.0 Å². The van der Waals surface area contributed by atoms with Gasteiger partial charge in [0.2, 0.25) is 0 Å². The molecule has 0 spiro atoms. The molecule has 1 rings (SSSR count). The lowest BCUT2D eigenvalue weighted by atomic mass is 10.2. The normalized spacial score (nSPS) is 9.95. The number of nitrogens with one attached hydrogen (secondary N) is 1. The van der Waals surface area contributed by atoms with E-state index in [0.717, 1.165) is 37.9 Å². The summed E-state index contributed by atoms with van der Waals surface area (Å²) in [6.45, 7) is 5.90. The van der Waals surface area contributed by atoms with E-state index in [1.165, 1.54) is 0 Å². The molecule has 0 fully saturated rings. The molecule has 0 amide bonds. The second kappa shape index (κ2) is 12.6. The van der Waals surface area contributed by atoms with Gasteiger partial charge in [-0.2, -0.15) is 0 Å². The maximum Gasteiger partial charge on any atom is 0.180 e. The van der Waals surface area contributed by atoms with Gasteiger partial charge in [0, 0.05) is 13.2 Å². The predicted molar refractivity (Wildman–Crippen MR) is 93.6 cm³/mol. The zero-order valence-electron chi connectivity index (χ0n) is 12.9. The number of hydrogen-bond donors (Lipinski definition) is 2. The molecule has 0 aliphatic rings. The van der Waals surface area contributed by atoms with Crippen LogP contribution in [-0.4, -0.2) is 32.0 Å². The quantitative estimate of drug-likeness (QED) is 0.473. The van der Waals surface area contributed by atoms with Crippen LogP contribution in [-0.2, 0) is 6.54 Å². The van der Waals surface area contributed by atoms with E-state index in [1.54, 1.807) is 13.2 Å². The maximum absolute atomic E-state index is 8.71. The van der Waals surface area contributed by atoms with Crippen molar-refractivity contribution in [2.45, 2.75) is 25.8 Å². The van der Waals surface area contributed by atoms with E-state index < -0.39 is 0 Å². The van der Waals surface area contributed by atoms with Gasteiger partial charge < -0.3 is 19.9 Å². The Morgan fingerprint density at radius 2 is 2.09 bits per heavy atom. The summed E-state index contributed by atoms with van der Waals surface area (Å²) in [4.78, 5) is 0. The van der Waals surface area contributed by atoms with Gasteiger partial charge in [-0.05, 0) is 43.5 Å². The lowest BCUT2D eigenvalue weighted by molar-refractivity contribution is 0.283. The molecule has 0 saturated heterocycles. The summed E-state index contributed by atoms with van der Waals surface area (Å²) in [5, 5.41) is 12.6. The minimum atomic E-state index is 0. The second-order valence-corrected chi connectivity index (χ2v) is 5.08. The number of benzene rings is 1. The Labute approximate surface area is 143 Å². The largest absolute Gasteiger partial charge is 0.493 e. The van der Waals surface area contributed by atoms with Crippen LogP contribution in [0.25, 0.3) is 0 Å². The minimum Gasteiger partial charge on any atom is -0.493 e. The third kappa shape index (κ3) is 7.36. The molecule has 6 heteroatoms. The molecular formula is C16H25Cl2NO3. The third-order valence-corrected chi connectivity index (χ3v) is 3.26. The molecule has 1 aromatic rings. The van der Waals surface area contributed by atoms with Crippen molar-refractivity contribution in [1.82, 2.24) is 5.32 Å². The second-order valence-electron chi connectivity index (χ2n) is 4.67. The van der Waals surface area contributed by atoms with Crippen LogP contribution in [0.5, 0.6) is 11.5 Å². The highest BCUT2D eigenvalue weighted by atomic mass is 35.5. The number of halogens is 2. The van der Waals surface area contributed by atoms with Crippen LogP contribution in [0.2, 0.25) is 5.02 Å². The number of rotatable bonds is 11. The average Bonchev–Trinajstić information content (AvgIpc) is 2.49. The first kappa shape index (κ1) is 21.1. The van der Waals surface area contributed by atoms with E-state index in [-0.39, 0.29) is 19.0 Å². The lowest BCUT2D eigenvalue weighted by Crippen LogP contribution is -2.15. The molecule has 0 unspecified atom stereocenters. The van der Waals surface area contributed by atoms with Crippen molar-refractivity contribution in [2.75, 3.05) is 26.9 Å². The highest BCUT2D eigenvalue weighted by Gasteiger charge is 2.11. The topological polar surface area (TPSA) is 50.7 Å². The monoisotopic (exact) mass is 349 g/mol. The number of ether oxygens (including phenoxy) is 2. The van der Waals surface area contributed by atoms with Gasteiger partial charge in [0.1, 0.15) is 6.61 Å². The summed E-state index contributed by atoms with van der Waals surface area (Å²) in [5.74, 6) is 1.17. The van der Waals surface area contributed by atoms with Crippen molar-refractivity contribution >= 4 is 24.0 Å². The first-order chi connectivity index (χ1) is 10.2. The Balaban J connectivity index is 0.00000441. The molecule has 0 aromatic heterocycles. The van der Waals surface area contributed by atoms with Gasteiger partial charge in [0.25, 0.3) is 0 Å². The van der Waals surface area contributed by atoms with Crippen molar-refractivity contribution in [3.8, 4) is 11.5 Å². The molecule has 126 valence electrons. The van der Waals surface area contributed by atoms with Crippen molar-refractivity contribution in [1.29, 1.82) is 0 Å². The van der Waals surface area contributed by atoms with Crippen LogP contribution in [0.1, 0.15) is 24.8 Å². The third-order valence-electron chi connectivity index (χ3n) is 2.98. The molecule has 0 aliphatic carbocycles. The molecular weight excluding hydrogens is 325 g/mol. The summed E-state index contributed by atoms with van der Waals surface area (Å²) in [6.07, 6.45) is 4.60. The Bertz CT molecular complexity index is 442. The number of aliphatic hydroxyl groups excluding tert-OH is 1. The van der Waals surface area contributed by atoms with Gasteiger partial charge in [-0.25, -0.2) is 0 Å². The van der Waals surface area contributed by atoms with Gasteiger partial charge in [-0.1, -0.05) is 24.3 Å². The van der Waals surface area contributed by atoms with E-state index in [4.69, 9.17) is 26.2 Å². The van der Waals surface area contributed by atoms with Crippen LogP contribution in [0.3, 0.4) is 0 Å². The fourth-order valence-corrected chi connectivity index (χ4v) is 2.22. The standard InChI is InChI=1S/C16H24ClNO3.ClH/c1-3-9-21-16-14(17)10-13(11-15(16)20-2)12-18-7-5-4-6-8-19;/h3,10-11,18-19H,1,4-9,12H2,2H3;1H. The van der Waals surface area contributed by atoms with Crippen molar-refractivity contribution in [3.63, 3.8) is 0 Å². The molecule has 0 atom stereocenters. The van der Waals surface area contributed by atoms with Crippen LogP contribution in [0.15, 0.2) is 24.8 Å². The summed E-state index contributed by atoms with van der Waals surface area (Å²) in [5.41, 5.74) is 1.05. The molecule has 0 aliphatic heterocycles. The fourth-order valence-electron chi connectivity index (χ4n) is 1.93. The summed E-state index contributed by atoms with van der Waals surface area (Å²) in [7, 11) is 1.60. The van der Waals surface area contributed by atoms with E-state index in [0.29, 0.717) is 23.1 Å². The molecule has 2 N–H and O–H groups in total. The summed E-state index contributed by atoms with van der Waals surface area (Å²) in [6, 6.07) is 3.80. The average molecular weight is 350 g/mol. The Morgan fingerprint density at radius 3 is 2.73 bits per heavy atom.